The Labute approximate surface area is 151 Å². The first kappa shape index (κ1) is 19.3. The van der Waals surface area contributed by atoms with Gasteiger partial charge in [0.25, 0.3) is 0 Å². The molecule has 0 aliphatic carbocycles. The second-order valence-corrected chi connectivity index (χ2v) is 5.81. The predicted octanol–water partition coefficient (Wildman–Crippen LogP) is 2.84. The first-order valence-corrected chi connectivity index (χ1v) is 8.40. The van der Waals surface area contributed by atoms with Gasteiger partial charge >= 0.3 is 0 Å². The van der Waals surface area contributed by atoms with E-state index in [2.05, 4.69) is 5.32 Å². The summed E-state index contributed by atoms with van der Waals surface area (Å²) in [6.45, 7) is 0.227. The number of hydrogen-bond acceptors (Lipinski definition) is 3. The summed E-state index contributed by atoms with van der Waals surface area (Å²) in [7, 11) is 0. The van der Waals surface area contributed by atoms with E-state index >= 15 is 0 Å². The van der Waals surface area contributed by atoms with Gasteiger partial charge in [0.1, 0.15) is 18.1 Å². The number of anilines is 1. The lowest BCUT2D eigenvalue weighted by Crippen LogP contribution is -2.46. The number of halogens is 1. The number of unbranched alkanes of at least 4 members (excludes halogenated alkanes) is 1. The van der Waals surface area contributed by atoms with Crippen molar-refractivity contribution in [3.8, 4) is 0 Å². The molecule has 6 heteroatoms. The molecule has 5 nitrogen and oxygen atoms in total. The van der Waals surface area contributed by atoms with Crippen molar-refractivity contribution < 1.29 is 18.8 Å². The quantitative estimate of drug-likeness (QED) is 0.526. The monoisotopic (exact) mass is 356 g/mol. The fourth-order valence-corrected chi connectivity index (χ4v) is 2.61. The number of amides is 2. The van der Waals surface area contributed by atoms with Gasteiger partial charge in [0, 0.05) is 18.7 Å². The third-order valence-electron chi connectivity index (χ3n) is 3.99. The molecule has 0 aliphatic rings. The van der Waals surface area contributed by atoms with E-state index in [1.54, 1.807) is 36.4 Å². The minimum Gasteiger partial charge on any atom is -0.350 e. The Bertz CT molecular complexity index is 720. The topological polar surface area (TPSA) is 66.5 Å². The minimum atomic E-state index is -0.727. The smallest absolute Gasteiger partial charge is 0.243 e. The molecule has 2 aromatic rings. The van der Waals surface area contributed by atoms with Crippen LogP contribution in [0.1, 0.15) is 24.8 Å². The van der Waals surface area contributed by atoms with Crippen molar-refractivity contribution in [3.63, 3.8) is 0 Å². The maximum absolute atomic E-state index is 13.0. The second kappa shape index (κ2) is 10.1. The molecule has 2 aromatic carbocycles. The number of carbonyl (C=O) groups is 3. The van der Waals surface area contributed by atoms with Crippen molar-refractivity contribution in [2.75, 3.05) is 4.90 Å². The zero-order valence-electron chi connectivity index (χ0n) is 14.3. The fourth-order valence-electron chi connectivity index (χ4n) is 2.61. The molecule has 26 heavy (non-hydrogen) atoms. The lowest BCUT2D eigenvalue weighted by Gasteiger charge is -2.27. The Morgan fingerprint density at radius 2 is 1.77 bits per heavy atom. The van der Waals surface area contributed by atoms with E-state index in [9.17, 15) is 18.8 Å². The van der Waals surface area contributed by atoms with Crippen LogP contribution in [0.4, 0.5) is 10.1 Å². The van der Waals surface area contributed by atoms with E-state index < -0.39 is 6.04 Å². The third kappa shape index (κ3) is 5.51. The number of rotatable bonds is 10. The van der Waals surface area contributed by atoms with Crippen LogP contribution in [0, 0.1) is 5.82 Å². The van der Waals surface area contributed by atoms with Crippen LogP contribution in [0.3, 0.4) is 0 Å². The molecular weight excluding hydrogens is 335 g/mol. The van der Waals surface area contributed by atoms with Gasteiger partial charge in [0.15, 0.2) is 0 Å². The van der Waals surface area contributed by atoms with Gasteiger partial charge < -0.3 is 15.0 Å². The van der Waals surface area contributed by atoms with Crippen LogP contribution in [0.15, 0.2) is 54.6 Å². The molecule has 0 saturated carbocycles. The molecule has 1 atom stereocenters. The summed E-state index contributed by atoms with van der Waals surface area (Å²) >= 11 is 0. The number of aldehydes is 1. The van der Waals surface area contributed by atoms with Gasteiger partial charge in [-0.2, -0.15) is 0 Å². The summed E-state index contributed by atoms with van der Waals surface area (Å²) in [6.07, 6.45) is 2.60. The summed E-state index contributed by atoms with van der Waals surface area (Å²) < 4.78 is 13.0. The Hall–Kier alpha value is -3.02. The van der Waals surface area contributed by atoms with Crippen LogP contribution < -0.4 is 10.2 Å². The Morgan fingerprint density at radius 3 is 2.38 bits per heavy atom. The molecule has 2 amide bonds. The molecule has 0 aliphatic heterocycles. The number of hydrogen-bond donors (Lipinski definition) is 1. The van der Waals surface area contributed by atoms with Crippen LogP contribution in [0.25, 0.3) is 0 Å². The van der Waals surface area contributed by atoms with Gasteiger partial charge in [-0.3, -0.25) is 9.59 Å². The van der Waals surface area contributed by atoms with Crippen LogP contribution in [0.5, 0.6) is 0 Å². The molecule has 1 N–H and O–H groups in total. The highest BCUT2D eigenvalue weighted by molar-refractivity contribution is 5.92. The van der Waals surface area contributed by atoms with Crippen LogP contribution in [0.2, 0.25) is 0 Å². The van der Waals surface area contributed by atoms with E-state index in [1.807, 2.05) is 6.07 Å². The molecule has 0 radical (unpaired) electrons. The average Bonchev–Trinajstić information content (AvgIpc) is 2.67. The number of para-hydroxylation sites is 1. The fraction of sp³-hybridized carbons (Fsp3) is 0.250. The lowest BCUT2D eigenvalue weighted by molar-refractivity contribution is -0.124. The minimum absolute atomic E-state index is 0.227. The van der Waals surface area contributed by atoms with Crippen molar-refractivity contribution in [1.82, 2.24) is 5.32 Å². The maximum atomic E-state index is 13.0. The number of carbonyl (C=O) groups excluding carboxylic acids is 3. The SMILES string of the molecule is O=CCCC[C@@H](C(=O)NCc1ccc(F)cc1)N(C=O)c1ccccc1. The first-order valence-electron chi connectivity index (χ1n) is 8.40. The average molecular weight is 356 g/mol. The van der Waals surface area contributed by atoms with Gasteiger partial charge in [-0.1, -0.05) is 30.3 Å². The standard InChI is InChI=1S/C20H21FN2O3/c21-17-11-9-16(10-12-17)14-22-20(26)19(8-4-5-13-24)23(15-25)18-6-2-1-3-7-18/h1-3,6-7,9-13,15,19H,4-5,8,14H2,(H,22,26)/t19-/m0/s1. The predicted molar refractivity (Wildman–Crippen MR) is 96.9 cm³/mol. The first-order chi connectivity index (χ1) is 12.7. The van der Waals surface area contributed by atoms with Crippen molar-refractivity contribution in [2.45, 2.75) is 31.8 Å². The van der Waals surface area contributed by atoms with Gasteiger partial charge in [-0.15, -0.1) is 0 Å². The second-order valence-electron chi connectivity index (χ2n) is 5.81. The summed E-state index contributed by atoms with van der Waals surface area (Å²) in [5.74, 6) is -0.667. The number of nitrogens with zero attached hydrogens (tertiary/aromatic N) is 1. The molecule has 0 bridgehead atoms. The summed E-state index contributed by atoms with van der Waals surface area (Å²) in [5, 5.41) is 2.78. The highest BCUT2D eigenvalue weighted by Gasteiger charge is 2.25. The zero-order chi connectivity index (χ0) is 18.8. The molecular formula is C20H21FN2O3. The normalized spacial score (nSPS) is 11.4. The van der Waals surface area contributed by atoms with Gasteiger partial charge in [-0.05, 0) is 42.7 Å². The Balaban J connectivity index is 2.11. The van der Waals surface area contributed by atoms with Crippen LogP contribution in [-0.4, -0.2) is 24.6 Å². The molecule has 0 fully saturated rings. The molecule has 0 spiro atoms. The van der Waals surface area contributed by atoms with E-state index in [-0.39, 0.29) is 18.3 Å². The van der Waals surface area contributed by atoms with E-state index in [0.717, 1.165) is 11.8 Å². The van der Waals surface area contributed by atoms with Gasteiger partial charge in [0.05, 0.1) is 0 Å². The van der Waals surface area contributed by atoms with Gasteiger partial charge in [-0.25, -0.2) is 4.39 Å². The third-order valence-corrected chi connectivity index (χ3v) is 3.99. The van der Waals surface area contributed by atoms with Crippen molar-refractivity contribution in [1.29, 1.82) is 0 Å². The highest BCUT2D eigenvalue weighted by Crippen LogP contribution is 2.18. The molecule has 2 rings (SSSR count). The summed E-state index contributed by atoms with van der Waals surface area (Å²) in [5.41, 5.74) is 1.36. The van der Waals surface area contributed by atoms with E-state index in [0.29, 0.717) is 31.4 Å². The van der Waals surface area contributed by atoms with Crippen molar-refractivity contribution in [3.05, 3.63) is 66.0 Å². The molecule has 0 aromatic heterocycles. The number of benzene rings is 2. The van der Waals surface area contributed by atoms with E-state index in [1.165, 1.54) is 17.0 Å². The Morgan fingerprint density at radius 1 is 1.08 bits per heavy atom. The maximum Gasteiger partial charge on any atom is 0.243 e. The summed E-state index contributed by atoms with van der Waals surface area (Å²) in [6, 6.07) is 14.0. The largest absolute Gasteiger partial charge is 0.350 e. The molecule has 136 valence electrons. The zero-order valence-corrected chi connectivity index (χ0v) is 14.3. The Kier molecular flexibility index (Phi) is 7.49. The summed E-state index contributed by atoms with van der Waals surface area (Å²) in [4.78, 5) is 36.3. The van der Waals surface area contributed by atoms with Crippen LogP contribution in [-0.2, 0) is 20.9 Å². The van der Waals surface area contributed by atoms with Gasteiger partial charge in [0.2, 0.25) is 12.3 Å². The molecule has 0 unspecified atom stereocenters. The molecule has 0 saturated heterocycles. The van der Waals surface area contributed by atoms with Crippen LogP contribution >= 0.6 is 0 Å². The molecule has 0 heterocycles. The van der Waals surface area contributed by atoms with E-state index in [4.69, 9.17) is 0 Å². The lowest BCUT2D eigenvalue weighted by atomic mass is 10.1. The van der Waals surface area contributed by atoms with Crippen molar-refractivity contribution >= 4 is 24.3 Å². The number of nitrogens with one attached hydrogen (secondary N) is 1. The van der Waals surface area contributed by atoms with Crippen molar-refractivity contribution in [2.24, 2.45) is 0 Å². The highest BCUT2D eigenvalue weighted by atomic mass is 19.1.